The van der Waals surface area contributed by atoms with Crippen LogP contribution in [0.2, 0.25) is 14.7 Å². The van der Waals surface area contributed by atoms with Crippen LogP contribution >= 0.6 is 0 Å². The summed E-state index contributed by atoms with van der Waals surface area (Å²) >= 11 is -3.15. The summed E-state index contributed by atoms with van der Waals surface area (Å²) in [5, 5.41) is 4.68. The van der Waals surface area contributed by atoms with Crippen molar-refractivity contribution in [3.8, 4) is 0 Å². The van der Waals surface area contributed by atoms with Gasteiger partial charge in [0.15, 0.2) is 0 Å². The predicted molar refractivity (Wildman–Crippen MR) is 156 cm³/mol. The van der Waals surface area contributed by atoms with Gasteiger partial charge in [-0.1, -0.05) is 0 Å². The van der Waals surface area contributed by atoms with Crippen LogP contribution in [0.5, 0.6) is 0 Å². The summed E-state index contributed by atoms with van der Waals surface area (Å²) in [4.78, 5) is 14.9. The molecular weight excluding hydrogens is 512 g/mol. The number of carbonyl (C=O) groups excluding carboxylic acids is 1. The molecule has 0 spiro atoms. The topological polar surface area (TPSA) is 26.3 Å². The molecule has 0 saturated carbocycles. The predicted octanol–water partition coefficient (Wildman–Crippen LogP) is 9.52. The second-order valence-electron chi connectivity index (χ2n) is 12.2. The quantitative estimate of drug-likeness (QED) is 0.225. The van der Waals surface area contributed by atoms with Crippen molar-refractivity contribution in [2.45, 2.75) is 72.0 Å². The Labute approximate surface area is 238 Å². The number of hydrogen-bond acceptors (Lipinski definition) is 2. The van der Waals surface area contributed by atoms with E-state index in [0.29, 0.717) is 10.1 Å². The second-order valence-corrected chi connectivity index (χ2v) is 18.6. The Kier molecular flexibility index (Phi) is 7.29. The van der Waals surface area contributed by atoms with E-state index in [1.807, 2.05) is 54.6 Å². The molecule has 200 valence electrons. The Bertz CT molecular complexity index is 1310. The van der Waals surface area contributed by atoms with Gasteiger partial charge in [-0.25, -0.2) is 0 Å². The van der Waals surface area contributed by atoms with E-state index in [1.165, 1.54) is 38.5 Å². The number of carbonyl (C=O) groups is 1. The fourth-order valence-electron chi connectivity index (χ4n) is 7.85. The minimum atomic E-state index is -3.15. The third kappa shape index (κ3) is 4.50. The molecule has 3 aromatic carbocycles. The maximum atomic E-state index is 14.9. The van der Waals surface area contributed by atoms with Gasteiger partial charge in [0.05, 0.1) is 0 Å². The Balaban J connectivity index is 1.44. The first-order chi connectivity index (χ1) is 18.9. The molecule has 3 heteroatoms. The van der Waals surface area contributed by atoms with Crippen LogP contribution in [-0.2, 0) is 30.5 Å². The van der Waals surface area contributed by atoms with Crippen LogP contribution < -0.4 is 0 Å². The minimum absolute atomic E-state index is 0.118. The Morgan fingerprint density at radius 1 is 0.718 bits per heavy atom. The van der Waals surface area contributed by atoms with E-state index in [2.05, 4.69) is 53.8 Å². The summed E-state index contributed by atoms with van der Waals surface area (Å²) in [6.45, 7) is 2.43. The van der Waals surface area contributed by atoms with Crippen LogP contribution in [0.25, 0.3) is 0 Å². The monoisotopic (exact) mass is 552 g/mol. The van der Waals surface area contributed by atoms with Gasteiger partial charge in [0, 0.05) is 0 Å². The molecule has 2 atom stereocenters. The second kappa shape index (κ2) is 10.7. The first kappa shape index (κ1) is 26.5. The molecule has 39 heavy (non-hydrogen) atoms. The number of rotatable bonds is 6. The van der Waals surface area contributed by atoms with Crippen LogP contribution in [0, 0.1) is 5.92 Å². The third-order valence-electron chi connectivity index (χ3n) is 9.63. The van der Waals surface area contributed by atoms with Crippen molar-refractivity contribution in [2.24, 2.45) is 5.92 Å². The van der Waals surface area contributed by atoms with Gasteiger partial charge in [0.25, 0.3) is 0 Å². The van der Waals surface area contributed by atoms with E-state index in [0.717, 1.165) is 23.1 Å². The molecule has 6 rings (SSSR count). The van der Waals surface area contributed by atoms with Crippen molar-refractivity contribution in [1.29, 1.82) is 0 Å². The summed E-state index contributed by atoms with van der Waals surface area (Å²) in [6.07, 6.45) is 8.71. The first-order valence-corrected chi connectivity index (χ1v) is 19.5. The van der Waals surface area contributed by atoms with Gasteiger partial charge >= 0.3 is 239 Å². The third-order valence-corrected chi connectivity index (χ3v) is 14.3. The standard InChI is InChI=1S/C20H16O2.C14H19.2CH3.Ti/c21-19(22)20(16-10-4-1-5-11-16,17-12-6-2-7-13-17)18-14-8-3-9-15-18;1-10-11-6-2-4-8-13(11)14-9-5-3-7-12(10)14;;;/h1-15H,(H,21,22);6,10H,2-5,7-9H2,1H3;2*1H3;/q;;;;+1/p-1. The van der Waals surface area contributed by atoms with E-state index in [4.69, 9.17) is 3.32 Å². The molecule has 3 aromatic rings. The van der Waals surface area contributed by atoms with Crippen molar-refractivity contribution < 1.29 is 25.1 Å². The number of fused-ring (bicyclic) bond motifs is 1. The maximum absolute atomic E-state index is 14.9. The SMILES string of the molecule is CC1C2=C(CCCC2)C2=C1[CH]([Ti]([CH3])([CH3])[O]C(=O)C(c1ccccc1)(c1ccccc1)c1ccccc1)CCC2. The van der Waals surface area contributed by atoms with Gasteiger partial charge < -0.3 is 0 Å². The summed E-state index contributed by atoms with van der Waals surface area (Å²) in [6, 6.07) is 30.7. The van der Waals surface area contributed by atoms with Crippen molar-refractivity contribution in [3.05, 3.63) is 130 Å². The normalized spacial score (nSPS) is 21.4. The van der Waals surface area contributed by atoms with Gasteiger partial charge in [0.2, 0.25) is 0 Å². The van der Waals surface area contributed by atoms with E-state index in [1.54, 1.807) is 22.3 Å². The fourth-order valence-corrected chi connectivity index (χ4v) is 12.3. The molecule has 0 aromatic heterocycles. The van der Waals surface area contributed by atoms with E-state index >= 15 is 0 Å². The molecule has 0 bridgehead atoms. The Morgan fingerprint density at radius 2 is 1.21 bits per heavy atom. The average molecular weight is 553 g/mol. The summed E-state index contributed by atoms with van der Waals surface area (Å²) < 4.78 is 7.43. The number of hydrogen-bond donors (Lipinski definition) is 0. The van der Waals surface area contributed by atoms with Crippen molar-refractivity contribution in [2.75, 3.05) is 0 Å². The average Bonchev–Trinajstić information content (AvgIpc) is 3.27. The van der Waals surface area contributed by atoms with Crippen LogP contribution in [0.4, 0.5) is 0 Å². The molecule has 0 fully saturated rings. The van der Waals surface area contributed by atoms with Crippen molar-refractivity contribution >= 4 is 5.97 Å². The molecule has 3 aliphatic rings. The van der Waals surface area contributed by atoms with Crippen molar-refractivity contribution in [3.63, 3.8) is 0 Å². The van der Waals surface area contributed by atoms with Gasteiger partial charge in [0.1, 0.15) is 0 Å². The molecule has 0 amide bonds. The van der Waals surface area contributed by atoms with E-state index in [9.17, 15) is 4.79 Å². The van der Waals surface area contributed by atoms with Crippen LogP contribution in [0.1, 0.15) is 68.6 Å². The molecule has 2 nitrogen and oxygen atoms in total. The first-order valence-electron chi connectivity index (χ1n) is 14.8. The van der Waals surface area contributed by atoms with Crippen LogP contribution in [0.15, 0.2) is 113 Å². The number of allylic oxidation sites excluding steroid dienone is 4. The molecular formula is C36H40O2Ti. The Morgan fingerprint density at radius 3 is 1.74 bits per heavy atom. The van der Waals surface area contributed by atoms with Crippen molar-refractivity contribution in [1.82, 2.24) is 0 Å². The zero-order chi connectivity index (χ0) is 27.0. The fraction of sp³-hybridized carbons (Fsp3) is 0.361. The zero-order valence-corrected chi connectivity index (χ0v) is 25.1. The summed E-state index contributed by atoms with van der Waals surface area (Å²) in [5.41, 5.74) is 8.55. The van der Waals surface area contributed by atoms with Gasteiger partial charge in [-0.3, -0.25) is 0 Å². The molecule has 0 aliphatic heterocycles. The molecule has 0 saturated heterocycles. The Hall–Kier alpha value is -2.68. The van der Waals surface area contributed by atoms with Crippen LogP contribution in [0.3, 0.4) is 0 Å². The molecule has 2 unspecified atom stereocenters. The van der Waals surface area contributed by atoms with Gasteiger partial charge in [-0.2, -0.15) is 0 Å². The van der Waals surface area contributed by atoms with Gasteiger partial charge in [-0.05, 0) is 0 Å². The van der Waals surface area contributed by atoms with E-state index < -0.39 is 22.4 Å². The van der Waals surface area contributed by atoms with Crippen LogP contribution in [-0.4, -0.2) is 5.97 Å². The summed E-state index contributed by atoms with van der Waals surface area (Å²) in [7, 11) is 0. The molecule has 0 N–H and O–H groups in total. The van der Waals surface area contributed by atoms with E-state index in [-0.39, 0.29) is 5.97 Å². The van der Waals surface area contributed by atoms with Gasteiger partial charge in [-0.15, -0.1) is 0 Å². The summed E-state index contributed by atoms with van der Waals surface area (Å²) in [5.74, 6) is 0.401. The molecule has 0 heterocycles. The molecule has 3 aliphatic carbocycles. The number of benzene rings is 3. The zero-order valence-electron chi connectivity index (χ0n) is 23.6. The molecule has 0 radical (unpaired) electrons.